The number of nitrogens with zero attached hydrogens (tertiary/aromatic N) is 2. The van der Waals surface area contributed by atoms with Crippen molar-refractivity contribution in [1.29, 1.82) is 0 Å². The molecule has 3 heterocycles. The van der Waals surface area contributed by atoms with Crippen LogP contribution in [-0.2, 0) is 34.3 Å². The second kappa shape index (κ2) is 12.0. The van der Waals surface area contributed by atoms with Crippen LogP contribution in [0, 0.1) is 0 Å². The molecule has 0 spiro atoms. The summed E-state index contributed by atoms with van der Waals surface area (Å²) in [5, 5.41) is 3.35. The van der Waals surface area contributed by atoms with Crippen molar-refractivity contribution in [3.63, 3.8) is 0 Å². The maximum atomic E-state index is 13.2. The second-order valence-electron chi connectivity index (χ2n) is 9.94. The molecule has 1 saturated heterocycles. The minimum atomic E-state index is -3.60. The Hall–Kier alpha value is -3.05. The highest BCUT2D eigenvalue weighted by Crippen LogP contribution is 2.38. The van der Waals surface area contributed by atoms with Gasteiger partial charge in [0, 0.05) is 43.2 Å². The van der Waals surface area contributed by atoms with Crippen LogP contribution in [0.15, 0.2) is 59.5 Å². The van der Waals surface area contributed by atoms with Crippen molar-refractivity contribution >= 4 is 38.2 Å². The lowest BCUT2D eigenvalue weighted by Crippen LogP contribution is -2.31. The molecule has 39 heavy (non-hydrogen) atoms. The Morgan fingerprint density at radius 2 is 1.64 bits per heavy atom. The SMILES string of the molecule is COC(=O)c1c(NC(=O)c2ccc(S(=O)(=O)N3CCCCCC3)cc2)sc2c1CCN(Cc1ccccc1)C2. The Labute approximate surface area is 233 Å². The molecule has 10 heteroatoms. The Morgan fingerprint density at radius 3 is 2.31 bits per heavy atom. The molecule has 2 aromatic carbocycles. The minimum absolute atomic E-state index is 0.182. The molecule has 0 unspecified atom stereocenters. The van der Waals surface area contributed by atoms with Gasteiger partial charge < -0.3 is 10.1 Å². The lowest BCUT2D eigenvalue weighted by molar-refractivity contribution is 0.0600. The summed E-state index contributed by atoms with van der Waals surface area (Å²) >= 11 is 1.39. The maximum Gasteiger partial charge on any atom is 0.341 e. The largest absolute Gasteiger partial charge is 0.465 e. The van der Waals surface area contributed by atoms with Crippen molar-refractivity contribution in [1.82, 2.24) is 9.21 Å². The van der Waals surface area contributed by atoms with E-state index in [1.807, 2.05) is 18.2 Å². The normalized spacial score (nSPS) is 16.7. The fraction of sp³-hybridized carbons (Fsp3) is 0.379. The quantitative estimate of drug-likeness (QED) is 0.408. The van der Waals surface area contributed by atoms with Crippen molar-refractivity contribution in [2.75, 3.05) is 32.1 Å². The molecule has 0 radical (unpaired) electrons. The fourth-order valence-corrected chi connectivity index (χ4v) is 8.01. The fourth-order valence-electron chi connectivity index (χ4n) is 5.22. The van der Waals surface area contributed by atoms with E-state index >= 15 is 0 Å². The van der Waals surface area contributed by atoms with E-state index in [1.165, 1.54) is 52.6 Å². The first kappa shape index (κ1) is 27.5. The maximum absolute atomic E-state index is 13.2. The van der Waals surface area contributed by atoms with Crippen molar-refractivity contribution in [3.8, 4) is 0 Å². The van der Waals surface area contributed by atoms with Gasteiger partial charge in [0.15, 0.2) is 0 Å². The third-order valence-corrected chi connectivity index (χ3v) is 10.4. The average Bonchev–Trinajstić information content (AvgIpc) is 3.10. The van der Waals surface area contributed by atoms with Crippen LogP contribution in [0.5, 0.6) is 0 Å². The molecule has 3 aromatic rings. The zero-order valence-electron chi connectivity index (χ0n) is 22.0. The van der Waals surface area contributed by atoms with E-state index in [4.69, 9.17) is 4.74 Å². The average molecular weight is 568 g/mol. The van der Waals surface area contributed by atoms with Crippen LogP contribution in [0.1, 0.15) is 62.4 Å². The van der Waals surface area contributed by atoms with Crippen LogP contribution in [0.25, 0.3) is 0 Å². The number of rotatable bonds is 7. The number of anilines is 1. The Morgan fingerprint density at radius 1 is 0.949 bits per heavy atom. The summed E-state index contributed by atoms with van der Waals surface area (Å²) in [5.74, 6) is -0.878. The first-order valence-electron chi connectivity index (χ1n) is 13.3. The summed E-state index contributed by atoms with van der Waals surface area (Å²) in [6.45, 7) is 3.32. The second-order valence-corrected chi connectivity index (χ2v) is 13.0. The van der Waals surface area contributed by atoms with Gasteiger partial charge in [0.1, 0.15) is 5.00 Å². The Bertz CT molecular complexity index is 1430. The molecular weight excluding hydrogens is 534 g/mol. The lowest BCUT2D eigenvalue weighted by atomic mass is 10.0. The molecule has 0 saturated carbocycles. The van der Waals surface area contributed by atoms with Crippen LogP contribution in [0.3, 0.4) is 0 Å². The predicted molar refractivity (Wildman–Crippen MR) is 152 cm³/mol. The Balaban J connectivity index is 1.33. The van der Waals surface area contributed by atoms with Crippen molar-refractivity contribution in [3.05, 3.63) is 81.7 Å². The zero-order chi connectivity index (χ0) is 27.4. The third kappa shape index (κ3) is 6.09. The van der Waals surface area contributed by atoms with Crippen LogP contribution in [0.4, 0.5) is 5.00 Å². The Kier molecular flexibility index (Phi) is 8.46. The number of hydrogen-bond donors (Lipinski definition) is 1. The van der Waals surface area contributed by atoms with Gasteiger partial charge in [0.25, 0.3) is 5.91 Å². The number of fused-ring (bicyclic) bond motifs is 1. The van der Waals surface area contributed by atoms with E-state index in [2.05, 4.69) is 22.3 Å². The summed E-state index contributed by atoms with van der Waals surface area (Å²) in [5.41, 5.74) is 2.87. The summed E-state index contributed by atoms with van der Waals surface area (Å²) in [7, 11) is -2.26. The van der Waals surface area contributed by atoms with E-state index < -0.39 is 21.9 Å². The summed E-state index contributed by atoms with van der Waals surface area (Å²) in [4.78, 5) is 29.5. The molecular formula is C29H33N3O5S2. The van der Waals surface area contributed by atoms with Crippen molar-refractivity contribution in [2.24, 2.45) is 0 Å². The predicted octanol–water partition coefficient (Wildman–Crippen LogP) is 4.91. The molecule has 0 aliphatic carbocycles. The zero-order valence-corrected chi connectivity index (χ0v) is 23.7. The van der Waals surface area contributed by atoms with Gasteiger partial charge in [-0.3, -0.25) is 9.69 Å². The number of ether oxygens (including phenoxy) is 1. The van der Waals surface area contributed by atoms with Crippen molar-refractivity contribution in [2.45, 2.75) is 50.1 Å². The number of esters is 1. The summed E-state index contributed by atoms with van der Waals surface area (Å²) in [6, 6.07) is 16.2. The number of sulfonamides is 1. The number of methoxy groups -OCH3 is 1. The van der Waals surface area contributed by atoms with E-state index in [0.29, 0.717) is 42.2 Å². The van der Waals surface area contributed by atoms with Gasteiger partial charge in [0.2, 0.25) is 10.0 Å². The molecule has 0 atom stereocenters. The van der Waals surface area contributed by atoms with E-state index in [0.717, 1.165) is 49.2 Å². The molecule has 2 aliphatic heterocycles. The van der Waals surface area contributed by atoms with E-state index in [1.54, 1.807) is 0 Å². The third-order valence-electron chi connectivity index (χ3n) is 7.32. The van der Waals surface area contributed by atoms with Gasteiger partial charge >= 0.3 is 5.97 Å². The van der Waals surface area contributed by atoms with Gasteiger partial charge in [-0.25, -0.2) is 13.2 Å². The highest BCUT2D eigenvalue weighted by Gasteiger charge is 2.30. The van der Waals surface area contributed by atoms with E-state index in [9.17, 15) is 18.0 Å². The molecule has 1 aromatic heterocycles. The van der Waals surface area contributed by atoms with Crippen molar-refractivity contribution < 1.29 is 22.7 Å². The van der Waals surface area contributed by atoms with Gasteiger partial charge in [0.05, 0.1) is 17.6 Å². The number of hydrogen-bond acceptors (Lipinski definition) is 7. The highest BCUT2D eigenvalue weighted by molar-refractivity contribution is 7.89. The van der Waals surface area contributed by atoms with Gasteiger partial charge in [-0.1, -0.05) is 43.2 Å². The molecule has 5 rings (SSSR count). The standard InChI is InChI=1S/C29H33N3O5S2/c1-37-29(34)26-24-15-18-31(19-21-9-5-4-6-10-21)20-25(24)38-28(26)30-27(33)22-11-13-23(14-12-22)39(35,36)32-16-7-2-3-8-17-32/h4-6,9-14H,2-3,7-8,15-20H2,1H3,(H,30,33). The first-order chi connectivity index (χ1) is 18.9. The topological polar surface area (TPSA) is 96.0 Å². The van der Waals surface area contributed by atoms with Gasteiger partial charge in [-0.05, 0) is 54.7 Å². The number of thiophene rings is 1. The number of nitrogens with one attached hydrogen (secondary N) is 1. The smallest absolute Gasteiger partial charge is 0.341 e. The summed E-state index contributed by atoms with van der Waals surface area (Å²) < 4.78 is 32.8. The summed E-state index contributed by atoms with van der Waals surface area (Å²) in [6.07, 6.45) is 4.47. The molecule has 2 aliphatic rings. The minimum Gasteiger partial charge on any atom is -0.465 e. The van der Waals surface area contributed by atoms with Gasteiger partial charge in [-0.15, -0.1) is 11.3 Å². The number of benzene rings is 2. The number of amides is 1. The molecule has 0 bridgehead atoms. The highest BCUT2D eigenvalue weighted by atomic mass is 32.2. The first-order valence-corrected chi connectivity index (χ1v) is 15.5. The molecule has 1 fully saturated rings. The van der Waals surface area contributed by atoms with E-state index in [-0.39, 0.29) is 4.90 Å². The van der Waals surface area contributed by atoms with Crippen LogP contribution in [0.2, 0.25) is 0 Å². The molecule has 1 amide bonds. The number of carbonyl (C=O) groups is 2. The monoisotopic (exact) mass is 567 g/mol. The van der Waals surface area contributed by atoms with Crippen LogP contribution in [-0.4, -0.2) is 56.2 Å². The molecule has 1 N–H and O–H groups in total. The van der Waals surface area contributed by atoms with Crippen LogP contribution < -0.4 is 5.32 Å². The van der Waals surface area contributed by atoms with Crippen LogP contribution >= 0.6 is 11.3 Å². The molecule has 8 nitrogen and oxygen atoms in total. The molecule has 206 valence electrons. The number of carbonyl (C=O) groups excluding carboxylic acids is 2. The lowest BCUT2D eigenvalue weighted by Gasteiger charge is -2.27. The van der Waals surface area contributed by atoms with Gasteiger partial charge in [-0.2, -0.15) is 4.31 Å².